The van der Waals surface area contributed by atoms with Gasteiger partial charge in [0.25, 0.3) is 0 Å². The van der Waals surface area contributed by atoms with Crippen LogP contribution in [0.4, 0.5) is 5.69 Å². The van der Waals surface area contributed by atoms with E-state index in [0.717, 1.165) is 0 Å². The van der Waals surface area contributed by atoms with Gasteiger partial charge in [0.2, 0.25) is 5.91 Å². The Balaban J connectivity index is 2.66. The number of methoxy groups -OCH3 is 1. The third kappa shape index (κ3) is 4.77. The number of nitrogens with two attached hydrogens (primary N) is 1. The second-order valence-corrected chi connectivity index (χ2v) is 6.42. The van der Waals surface area contributed by atoms with Crippen LogP contribution >= 0.6 is 11.6 Å². The Labute approximate surface area is 126 Å². The van der Waals surface area contributed by atoms with Gasteiger partial charge in [0.1, 0.15) is 5.25 Å². The normalized spacial score (nSPS) is 13.8. The molecule has 2 atom stereocenters. The third-order valence-electron chi connectivity index (χ3n) is 2.69. The number of nitrogens with one attached hydrogen (secondary N) is 1. The van der Waals surface area contributed by atoms with E-state index in [9.17, 15) is 9.00 Å². The molecule has 112 valence electrons. The molecule has 2 unspecified atom stereocenters. The predicted molar refractivity (Wildman–Crippen MR) is 81.2 cm³/mol. The molecule has 7 heteroatoms. The van der Waals surface area contributed by atoms with Gasteiger partial charge in [-0.15, -0.1) is 0 Å². The summed E-state index contributed by atoms with van der Waals surface area (Å²) in [6, 6.07) is 4.74. The maximum absolute atomic E-state index is 12.3. The van der Waals surface area contributed by atoms with Crippen molar-refractivity contribution in [2.45, 2.75) is 23.5 Å². The van der Waals surface area contributed by atoms with Gasteiger partial charge in [0.15, 0.2) is 0 Å². The van der Waals surface area contributed by atoms with E-state index >= 15 is 0 Å². The van der Waals surface area contributed by atoms with Crippen LogP contribution < -0.4 is 11.1 Å². The molecule has 3 N–H and O–H groups in total. The molecular weight excluding hydrogens is 300 g/mol. The molecule has 0 radical (unpaired) electrons. The largest absolute Gasteiger partial charge is 0.399 e. The number of hydrogen-bond donors (Lipinski definition) is 2. The van der Waals surface area contributed by atoms with Crippen LogP contribution in [0.1, 0.15) is 13.3 Å². The lowest BCUT2D eigenvalue weighted by Crippen LogP contribution is -2.36. The third-order valence-corrected chi connectivity index (χ3v) is 4.76. The quantitative estimate of drug-likeness (QED) is 0.590. The molecule has 0 aromatic heterocycles. The Bertz CT molecular complexity index is 497. The van der Waals surface area contributed by atoms with Gasteiger partial charge in [-0.25, -0.2) is 0 Å². The highest BCUT2D eigenvalue weighted by atomic mass is 35.5. The van der Waals surface area contributed by atoms with Crippen molar-refractivity contribution in [3.8, 4) is 0 Å². The maximum atomic E-state index is 12.3. The van der Waals surface area contributed by atoms with Crippen molar-refractivity contribution in [1.29, 1.82) is 0 Å². The van der Waals surface area contributed by atoms with Crippen LogP contribution in [0.2, 0.25) is 5.02 Å². The Morgan fingerprint density at radius 3 is 2.90 bits per heavy atom. The highest BCUT2D eigenvalue weighted by Crippen LogP contribution is 2.24. The summed E-state index contributed by atoms with van der Waals surface area (Å²) in [4.78, 5) is 12.3. The molecular formula is C13H19ClN2O3S. The number of amides is 1. The fraction of sp³-hybridized carbons (Fsp3) is 0.462. The van der Waals surface area contributed by atoms with Crippen molar-refractivity contribution in [1.82, 2.24) is 5.32 Å². The Morgan fingerprint density at radius 2 is 2.25 bits per heavy atom. The van der Waals surface area contributed by atoms with E-state index in [0.29, 0.717) is 35.2 Å². The van der Waals surface area contributed by atoms with E-state index in [4.69, 9.17) is 22.1 Å². The maximum Gasteiger partial charge on any atom is 0.235 e. The Kier molecular flexibility index (Phi) is 6.98. The van der Waals surface area contributed by atoms with E-state index < -0.39 is 16.0 Å². The summed E-state index contributed by atoms with van der Waals surface area (Å²) in [7, 11) is 0.0560. The molecule has 0 aliphatic carbocycles. The number of benzene rings is 1. The number of anilines is 1. The standard InChI is InChI=1S/C13H19ClN2O3S/c1-9(13(17)16-6-3-7-19-2)20(18)12-8-10(15)4-5-11(12)14/h4-5,8-9H,3,6-7,15H2,1-2H3,(H,16,17). The van der Waals surface area contributed by atoms with E-state index in [1.165, 1.54) is 6.07 Å². The van der Waals surface area contributed by atoms with E-state index in [-0.39, 0.29) is 5.91 Å². The number of carbonyl (C=O) groups is 1. The van der Waals surface area contributed by atoms with Gasteiger partial charge in [-0.05, 0) is 31.5 Å². The average molecular weight is 319 g/mol. The number of ether oxygens (including phenoxy) is 1. The fourth-order valence-corrected chi connectivity index (χ4v) is 3.05. The molecule has 1 amide bonds. The van der Waals surface area contributed by atoms with Crippen molar-refractivity contribution in [2.75, 3.05) is 26.0 Å². The summed E-state index contributed by atoms with van der Waals surface area (Å²) in [6.45, 7) is 2.65. The first-order valence-corrected chi connectivity index (χ1v) is 7.78. The second kappa shape index (κ2) is 8.24. The molecule has 0 fully saturated rings. The summed E-state index contributed by atoms with van der Waals surface area (Å²) < 4.78 is 17.2. The Hall–Kier alpha value is -1.11. The number of hydrogen-bond acceptors (Lipinski definition) is 4. The minimum Gasteiger partial charge on any atom is -0.399 e. The molecule has 1 rings (SSSR count). The van der Waals surface area contributed by atoms with Crippen molar-refractivity contribution < 1.29 is 13.7 Å². The molecule has 0 aliphatic heterocycles. The van der Waals surface area contributed by atoms with Crippen LogP contribution in [-0.2, 0) is 20.3 Å². The fourth-order valence-electron chi connectivity index (χ4n) is 1.53. The minimum absolute atomic E-state index is 0.280. The van der Waals surface area contributed by atoms with E-state index in [2.05, 4.69) is 5.32 Å². The highest BCUT2D eigenvalue weighted by molar-refractivity contribution is 7.86. The summed E-state index contributed by atoms with van der Waals surface area (Å²) in [6.07, 6.45) is 0.709. The van der Waals surface area contributed by atoms with Crippen LogP contribution in [0, 0.1) is 0 Å². The molecule has 1 aromatic carbocycles. The lowest BCUT2D eigenvalue weighted by atomic mass is 10.3. The van der Waals surface area contributed by atoms with Crippen LogP contribution in [0.25, 0.3) is 0 Å². The van der Waals surface area contributed by atoms with Crippen LogP contribution in [0.3, 0.4) is 0 Å². The van der Waals surface area contributed by atoms with Gasteiger partial charge >= 0.3 is 0 Å². The summed E-state index contributed by atoms with van der Waals surface area (Å²) >= 11 is 5.99. The smallest absolute Gasteiger partial charge is 0.235 e. The lowest BCUT2D eigenvalue weighted by molar-refractivity contribution is -0.120. The molecule has 0 saturated heterocycles. The molecule has 0 saturated carbocycles. The first kappa shape index (κ1) is 16.9. The van der Waals surface area contributed by atoms with Crippen LogP contribution in [0.5, 0.6) is 0 Å². The zero-order valence-corrected chi connectivity index (χ0v) is 13.1. The summed E-state index contributed by atoms with van der Waals surface area (Å²) in [5.41, 5.74) is 6.11. The molecule has 0 bridgehead atoms. The minimum atomic E-state index is -1.54. The van der Waals surface area contributed by atoms with Crippen molar-refractivity contribution >= 4 is 34.0 Å². The number of halogens is 1. The molecule has 0 aliphatic rings. The first-order valence-electron chi connectivity index (χ1n) is 6.19. The van der Waals surface area contributed by atoms with Gasteiger partial charge in [0, 0.05) is 25.9 Å². The monoisotopic (exact) mass is 318 g/mol. The molecule has 1 aromatic rings. The molecule has 20 heavy (non-hydrogen) atoms. The van der Waals surface area contributed by atoms with Crippen LogP contribution in [0.15, 0.2) is 23.1 Å². The van der Waals surface area contributed by atoms with Crippen molar-refractivity contribution in [2.24, 2.45) is 0 Å². The summed E-state index contributed by atoms with van der Waals surface area (Å²) in [5.74, 6) is -0.280. The molecule has 0 heterocycles. The first-order chi connectivity index (χ1) is 9.47. The predicted octanol–water partition coefficient (Wildman–Crippen LogP) is 1.57. The average Bonchev–Trinajstić information content (AvgIpc) is 2.44. The van der Waals surface area contributed by atoms with Gasteiger partial charge in [-0.3, -0.25) is 9.00 Å². The van der Waals surface area contributed by atoms with Crippen LogP contribution in [-0.4, -0.2) is 35.6 Å². The zero-order valence-electron chi connectivity index (χ0n) is 11.5. The van der Waals surface area contributed by atoms with Crippen molar-refractivity contribution in [3.05, 3.63) is 23.2 Å². The molecule has 0 spiro atoms. The number of carbonyl (C=O) groups excluding carboxylic acids is 1. The highest BCUT2D eigenvalue weighted by Gasteiger charge is 2.23. The van der Waals surface area contributed by atoms with Gasteiger partial charge in [-0.2, -0.15) is 0 Å². The molecule has 5 nitrogen and oxygen atoms in total. The second-order valence-electron chi connectivity index (χ2n) is 4.27. The van der Waals surface area contributed by atoms with Gasteiger partial charge in [0.05, 0.1) is 20.7 Å². The van der Waals surface area contributed by atoms with Gasteiger partial charge in [-0.1, -0.05) is 11.6 Å². The van der Waals surface area contributed by atoms with Gasteiger partial charge < -0.3 is 15.8 Å². The number of rotatable bonds is 7. The van der Waals surface area contributed by atoms with E-state index in [1.54, 1.807) is 26.2 Å². The van der Waals surface area contributed by atoms with Crippen molar-refractivity contribution in [3.63, 3.8) is 0 Å². The lowest BCUT2D eigenvalue weighted by Gasteiger charge is -2.13. The SMILES string of the molecule is COCCCNC(=O)C(C)S(=O)c1cc(N)ccc1Cl. The Morgan fingerprint density at radius 1 is 1.55 bits per heavy atom. The summed E-state index contributed by atoms with van der Waals surface area (Å²) in [5, 5.41) is 2.36. The topological polar surface area (TPSA) is 81.4 Å². The van der Waals surface area contributed by atoms with E-state index in [1.807, 2.05) is 0 Å². The number of nitrogen functional groups attached to an aromatic ring is 1. The zero-order chi connectivity index (χ0) is 15.1.